The average Bonchev–Trinajstić information content (AvgIpc) is 3.47. The maximum atomic E-state index is 12.4. The molecule has 5 heteroatoms. The van der Waals surface area contributed by atoms with Gasteiger partial charge in [0.1, 0.15) is 0 Å². The summed E-state index contributed by atoms with van der Waals surface area (Å²) in [5, 5.41) is 8.78. The molecule has 1 atom stereocenters. The lowest BCUT2D eigenvalue weighted by atomic mass is 10.0. The van der Waals surface area contributed by atoms with Crippen LogP contribution in [0.25, 0.3) is 0 Å². The highest BCUT2D eigenvalue weighted by molar-refractivity contribution is 5.93. The Morgan fingerprint density at radius 2 is 1.46 bits per heavy atom. The van der Waals surface area contributed by atoms with Gasteiger partial charge in [-0.3, -0.25) is 4.79 Å². The Kier molecular flexibility index (Phi) is 5.56. The normalized spacial score (nSPS) is 14.6. The van der Waals surface area contributed by atoms with E-state index in [0.717, 1.165) is 24.1 Å². The summed E-state index contributed by atoms with van der Waals surface area (Å²) in [5.41, 5.74) is 2.54. The highest BCUT2D eigenvalue weighted by atomic mass is 16.2. The Hall–Kier alpha value is -2.82. The Bertz CT molecular complexity index is 753. The molecule has 1 unspecified atom stereocenters. The van der Waals surface area contributed by atoms with Crippen molar-refractivity contribution in [3.05, 3.63) is 60.2 Å². The van der Waals surface area contributed by atoms with Gasteiger partial charge in [-0.15, -0.1) is 0 Å². The van der Waals surface area contributed by atoms with E-state index >= 15 is 0 Å². The van der Waals surface area contributed by atoms with Crippen LogP contribution in [0.5, 0.6) is 0 Å². The van der Waals surface area contributed by atoms with Crippen molar-refractivity contribution >= 4 is 23.3 Å². The zero-order valence-corrected chi connectivity index (χ0v) is 15.2. The van der Waals surface area contributed by atoms with Crippen molar-refractivity contribution in [3.63, 3.8) is 0 Å². The standard InChI is InChI=1S/C21H25N3O2/c1-14(2)20(25)22-17-10-12-18(13-11-17)23-21(26)24-19(16-8-9-16)15-6-4-3-5-7-15/h3-7,10-14,16,19H,8-9H2,1-2H3,(H,22,25)(H2,23,24,26). The Balaban J connectivity index is 1.58. The van der Waals surface area contributed by atoms with Crippen LogP contribution in [0.3, 0.4) is 0 Å². The molecule has 136 valence electrons. The van der Waals surface area contributed by atoms with Crippen LogP contribution in [0.15, 0.2) is 54.6 Å². The van der Waals surface area contributed by atoms with E-state index in [4.69, 9.17) is 0 Å². The van der Waals surface area contributed by atoms with Crippen LogP contribution in [0.2, 0.25) is 0 Å². The summed E-state index contributed by atoms with van der Waals surface area (Å²) >= 11 is 0. The molecule has 3 rings (SSSR count). The number of hydrogen-bond acceptors (Lipinski definition) is 2. The van der Waals surface area contributed by atoms with Crippen LogP contribution in [0.1, 0.15) is 38.3 Å². The molecule has 5 nitrogen and oxygen atoms in total. The topological polar surface area (TPSA) is 70.2 Å². The third-order valence-electron chi connectivity index (χ3n) is 4.47. The second-order valence-electron chi connectivity index (χ2n) is 7.05. The Labute approximate surface area is 154 Å². The molecule has 3 N–H and O–H groups in total. The lowest BCUT2D eigenvalue weighted by molar-refractivity contribution is -0.118. The lowest BCUT2D eigenvalue weighted by Crippen LogP contribution is -2.33. The van der Waals surface area contributed by atoms with Crippen LogP contribution >= 0.6 is 0 Å². The van der Waals surface area contributed by atoms with Crippen molar-refractivity contribution in [1.82, 2.24) is 5.32 Å². The van der Waals surface area contributed by atoms with Crippen LogP contribution in [0.4, 0.5) is 16.2 Å². The first-order chi connectivity index (χ1) is 12.5. The number of amides is 3. The zero-order valence-electron chi connectivity index (χ0n) is 15.2. The van der Waals surface area contributed by atoms with Crippen molar-refractivity contribution in [3.8, 4) is 0 Å². The molecule has 0 radical (unpaired) electrons. The molecule has 1 aliphatic rings. The van der Waals surface area contributed by atoms with E-state index in [2.05, 4.69) is 28.1 Å². The smallest absolute Gasteiger partial charge is 0.319 e. The van der Waals surface area contributed by atoms with E-state index in [1.165, 1.54) is 0 Å². The van der Waals surface area contributed by atoms with Gasteiger partial charge in [0.15, 0.2) is 0 Å². The second-order valence-corrected chi connectivity index (χ2v) is 7.05. The maximum absolute atomic E-state index is 12.4. The number of carbonyl (C=O) groups is 2. The molecule has 26 heavy (non-hydrogen) atoms. The van der Waals surface area contributed by atoms with Crippen molar-refractivity contribution in [1.29, 1.82) is 0 Å². The van der Waals surface area contributed by atoms with Gasteiger partial charge in [-0.05, 0) is 48.6 Å². The first-order valence-corrected chi connectivity index (χ1v) is 9.06. The minimum absolute atomic E-state index is 0.0291. The van der Waals surface area contributed by atoms with Gasteiger partial charge >= 0.3 is 6.03 Å². The molecule has 3 amide bonds. The Morgan fingerprint density at radius 1 is 0.885 bits per heavy atom. The highest BCUT2D eigenvalue weighted by Crippen LogP contribution is 2.40. The zero-order chi connectivity index (χ0) is 18.5. The quantitative estimate of drug-likeness (QED) is 0.714. The number of nitrogens with one attached hydrogen (secondary N) is 3. The predicted octanol–water partition coefficient (Wildman–Crippen LogP) is 4.55. The molecule has 2 aromatic carbocycles. The molecular formula is C21H25N3O2. The van der Waals surface area contributed by atoms with Gasteiger partial charge in [-0.2, -0.15) is 0 Å². The molecule has 0 heterocycles. The Morgan fingerprint density at radius 3 is 2.00 bits per heavy atom. The highest BCUT2D eigenvalue weighted by Gasteiger charge is 2.33. The van der Waals surface area contributed by atoms with E-state index in [1.54, 1.807) is 24.3 Å². The van der Waals surface area contributed by atoms with Gasteiger partial charge in [-0.25, -0.2) is 4.79 Å². The molecule has 1 aliphatic carbocycles. The molecule has 0 spiro atoms. The lowest BCUT2D eigenvalue weighted by Gasteiger charge is -2.19. The summed E-state index contributed by atoms with van der Waals surface area (Å²) in [5.74, 6) is 0.409. The molecule has 2 aromatic rings. The van der Waals surface area contributed by atoms with Gasteiger partial charge in [0.25, 0.3) is 0 Å². The largest absolute Gasteiger partial charge is 0.331 e. The number of anilines is 2. The van der Waals surface area contributed by atoms with Crippen molar-refractivity contribution in [2.75, 3.05) is 10.6 Å². The van der Waals surface area contributed by atoms with Crippen LogP contribution < -0.4 is 16.0 Å². The van der Waals surface area contributed by atoms with Crippen LogP contribution in [-0.4, -0.2) is 11.9 Å². The van der Waals surface area contributed by atoms with Crippen molar-refractivity contribution in [2.24, 2.45) is 11.8 Å². The van der Waals surface area contributed by atoms with Gasteiger partial charge in [0.05, 0.1) is 6.04 Å². The minimum Gasteiger partial charge on any atom is -0.331 e. The summed E-state index contributed by atoms with van der Waals surface area (Å²) in [6.45, 7) is 3.69. The summed E-state index contributed by atoms with van der Waals surface area (Å²) in [6.07, 6.45) is 2.29. The molecule has 0 aromatic heterocycles. The summed E-state index contributed by atoms with van der Waals surface area (Å²) in [4.78, 5) is 24.1. The average molecular weight is 351 g/mol. The maximum Gasteiger partial charge on any atom is 0.319 e. The second kappa shape index (κ2) is 8.04. The first kappa shape index (κ1) is 18.0. The number of carbonyl (C=O) groups excluding carboxylic acids is 2. The van der Waals surface area contributed by atoms with Crippen LogP contribution in [0, 0.1) is 11.8 Å². The molecular weight excluding hydrogens is 326 g/mol. The molecule has 0 aliphatic heterocycles. The fraction of sp³-hybridized carbons (Fsp3) is 0.333. The summed E-state index contributed by atoms with van der Waals surface area (Å²) < 4.78 is 0. The van der Waals surface area contributed by atoms with Gasteiger partial charge < -0.3 is 16.0 Å². The first-order valence-electron chi connectivity index (χ1n) is 9.06. The monoisotopic (exact) mass is 351 g/mol. The fourth-order valence-corrected chi connectivity index (χ4v) is 2.80. The molecule has 0 bridgehead atoms. The van der Waals surface area contributed by atoms with Gasteiger partial charge in [0, 0.05) is 17.3 Å². The van der Waals surface area contributed by atoms with Gasteiger partial charge in [-0.1, -0.05) is 44.2 Å². The summed E-state index contributed by atoms with van der Waals surface area (Å²) in [7, 11) is 0. The SMILES string of the molecule is CC(C)C(=O)Nc1ccc(NC(=O)NC(c2ccccc2)C2CC2)cc1. The van der Waals surface area contributed by atoms with E-state index in [-0.39, 0.29) is 23.9 Å². The molecule has 1 saturated carbocycles. The van der Waals surface area contributed by atoms with Gasteiger partial charge in [0.2, 0.25) is 5.91 Å². The number of rotatable bonds is 6. The van der Waals surface area contributed by atoms with E-state index in [0.29, 0.717) is 11.6 Å². The third kappa shape index (κ3) is 4.85. The third-order valence-corrected chi connectivity index (χ3v) is 4.47. The van der Waals surface area contributed by atoms with Crippen molar-refractivity contribution in [2.45, 2.75) is 32.7 Å². The molecule has 0 saturated heterocycles. The van der Waals surface area contributed by atoms with E-state index < -0.39 is 0 Å². The number of hydrogen-bond donors (Lipinski definition) is 3. The number of urea groups is 1. The fourth-order valence-electron chi connectivity index (χ4n) is 2.80. The van der Waals surface area contributed by atoms with E-state index in [1.807, 2.05) is 32.0 Å². The molecule has 1 fully saturated rings. The predicted molar refractivity (Wildman–Crippen MR) is 104 cm³/mol. The minimum atomic E-state index is -0.218. The summed E-state index contributed by atoms with van der Waals surface area (Å²) in [6, 6.07) is 17.0. The van der Waals surface area contributed by atoms with Crippen molar-refractivity contribution < 1.29 is 9.59 Å². The van der Waals surface area contributed by atoms with E-state index in [9.17, 15) is 9.59 Å². The van der Waals surface area contributed by atoms with Crippen LogP contribution in [-0.2, 0) is 4.79 Å². The number of benzene rings is 2.